The van der Waals surface area contributed by atoms with Crippen LogP contribution in [0.3, 0.4) is 0 Å². The third-order valence-corrected chi connectivity index (χ3v) is 3.38. The fourth-order valence-corrected chi connectivity index (χ4v) is 2.17. The monoisotopic (exact) mass is 266 g/mol. The van der Waals surface area contributed by atoms with Gasteiger partial charge in [0.15, 0.2) is 0 Å². The molecule has 0 aromatic heterocycles. The predicted octanol–water partition coefficient (Wildman–Crippen LogP) is 3.99. The molecule has 0 atom stereocenters. The Labute approximate surface area is 105 Å². The Balaban J connectivity index is 3.55. The fraction of sp³-hybridized carbons (Fsp3) is 1.00. The molecule has 0 unspecified atom stereocenters. The molecule has 0 saturated heterocycles. The van der Waals surface area contributed by atoms with Gasteiger partial charge in [-0.2, -0.15) is 0 Å². The third-order valence-electron chi connectivity index (χ3n) is 2.36. The van der Waals surface area contributed by atoms with Crippen molar-refractivity contribution in [1.29, 1.82) is 0 Å². The first-order chi connectivity index (χ1) is 7.83. The van der Waals surface area contributed by atoms with E-state index in [0.717, 1.165) is 25.7 Å². The molecule has 0 amide bonds. The van der Waals surface area contributed by atoms with Crippen LogP contribution in [-0.4, -0.2) is 18.1 Å². The van der Waals surface area contributed by atoms with Gasteiger partial charge in [-0.25, -0.2) is 4.57 Å². The summed E-state index contributed by atoms with van der Waals surface area (Å²) in [5, 5.41) is 0. The van der Waals surface area contributed by atoms with Crippen molar-refractivity contribution in [3.05, 3.63) is 0 Å². The Morgan fingerprint density at radius 2 is 1.29 bits per heavy atom. The zero-order chi connectivity index (χ0) is 13.3. The molecule has 0 saturated carbocycles. The van der Waals surface area contributed by atoms with Crippen LogP contribution in [-0.2, 0) is 13.6 Å². The molecule has 104 valence electrons. The second kappa shape index (κ2) is 9.09. The van der Waals surface area contributed by atoms with Gasteiger partial charge in [0.2, 0.25) is 0 Å². The van der Waals surface area contributed by atoms with Crippen LogP contribution in [0.15, 0.2) is 0 Å². The first-order valence-electron chi connectivity index (χ1n) is 6.45. The average Bonchev–Trinajstić information content (AvgIpc) is 2.19. The van der Waals surface area contributed by atoms with E-state index in [1.165, 1.54) is 0 Å². The molecule has 0 radical (unpaired) electrons. The highest BCUT2D eigenvalue weighted by Crippen LogP contribution is 2.43. The minimum atomic E-state index is -3.81. The van der Waals surface area contributed by atoms with E-state index < -0.39 is 7.82 Å². The van der Waals surface area contributed by atoms with Gasteiger partial charge in [0.1, 0.15) is 0 Å². The number of hydrogen-bond donors (Lipinski definition) is 1. The molecule has 17 heavy (non-hydrogen) atoms. The Morgan fingerprint density at radius 1 is 0.941 bits per heavy atom. The first-order valence-corrected chi connectivity index (χ1v) is 7.95. The van der Waals surface area contributed by atoms with E-state index in [2.05, 4.69) is 27.7 Å². The standard InChI is InChI=1S/C12H27O4P/c1-11(2)7-5-9-15-17(13,14)16-10-6-8-12(3)4/h11-12H,5-10H2,1-4H3,(H,13,14). The van der Waals surface area contributed by atoms with E-state index in [0.29, 0.717) is 11.8 Å². The van der Waals surface area contributed by atoms with E-state index in [9.17, 15) is 9.46 Å². The summed E-state index contributed by atoms with van der Waals surface area (Å²) >= 11 is 0. The molecule has 0 aliphatic heterocycles. The van der Waals surface area contributed by atoms with Crippen LogP contribution in [0, 0.1) is 11.8 Å². The second-order valence-electron chi connectivity index (χ2n) is 5.21. The van der Waals surface area contributed by atoms with E-state index in [1.807, 2.05) is 0 Å². The summed E-state index contributed by atoms with van der Waals surface area (Å²) in [5.74, 6) is 1.17. The number of phosphoric ester groups is 1. The maximum absolute atomic E-state index is 11.4. The number of phosphoric acid groups is 1. The maximum Gasteiger partial charge on any atom is 0.472 e. The van der Waals surface area contributed by atoms with Gasteiger partial charge in [0.05, 0.1) is 13.2 Å². The molecule has 1 N–H and O–H groups in total. The summed E-state index contributed by atoms with van der Waals surface area (Å²) in [4.78, 5) is 9.36. The summed E-state index contributed by atoms with van der Waals surface area (Å²) in [6, 6.07) is 0. The van der Waals surface area contributed by atoms with Crippen molar-refractivity contribution in [1.82, 2.24) is 0 Å². The Morgan fingerprint density at radius 3 is 1.59 bits per heavy atom. The highest BCUT2D eigenvalue weighted by molar-refractivity contribution is 7.47. The highest BCUT2D eigenvalue weighted by Gasteiger charge is 2.20. The molecule has 0 aromatic rings. The number of rotatable bonds is 10. The van der Waals surface area contributed by atoms with Gasteiger partial charge in [-0.15, -0.1) is 0 Å². The first kappa shape index (κ1) is 17.1. The summed E-state index contributed by atoms with van der Waals surface area (Å²) in [6.45, 7) is 9.02. The van der Waals surface area contributed by atoms with Crippen molar-refractivity contribution < 1.29 is 18.5 Å². The topological polar surface area (TPSA) is 55.8 Å². The minimum Gasteiger partial charge on any atom is -0.302 e. The van der Waals surface area contributed by atoms with Crippen LogP contribution in [0.5, 0.6) is 0 Å². The van der Waals surface area contributed by atoms with Crippen molar-refractivity contribution in [3.8, 4) is 0 Å². The Bertz CT molecular complexity index is 209. The van der Waals surface area contributed by atoms with Gasteiger partial charge >= 0.3 is 7.82 Å². The van der Waals surface area contributed by atoms with Gasteiger partial charge in [-0.1, -0.05) is 27.7 Å². The normalized spacial score (nSPS) is 12.6. The molecule has 0 fully saturated rings. The van der Waals surface area contributed by atoms with Crippen LogP contribution < -0.4 is 0 Å². The van der Waals surface area contributed by atoms with Gasteiger partial charge in [0.25, 0.3) is 0 Å². The summed E-state index contributed by atoms with van der Waals surface area (Å²) in [6.07, 6.45) is 3.57. The van der Waals surface area contributed by atoms with Crippen LogP contribution in [0.2, 0.25) is 0 Å². The van der Waals surface area contributed by atoms with Crippen LogP contribution >= 0.6 is 7.82 Å². The third kappa shape index (κ3) is 12.4. The lowest BCUT2D eigenvalue weighted by Gasteiger charge is -2.13. The van der Waals surface area contributed by atoms with Crippen molar-refractivity contribution in [2.75, 3.05) is 13.2 Å². The van der Waals surface area contributed by atoms with Gasteiger partial charge in [-0.3, -0.25) is 9.05 Å². The molecule has 0 aromatic carbocycles. The van der Waals surface area contributed by atoms with Crippen molar-refractivity contribution in [2.24, 2.45) is 11.8 Å². The molecule has 0 rings (SSSR count). The lowest BCUT2D eigenvalue weighted by molar-refractivity contribution is 0.143. The zero-order valence-electron chi connectivity index (χ0n) is 11.5. The summed E-state index contributed by atoms with van der Waals surface area (Å²) in [7, 11) is -3.81. The Hall–Kier alpha value is 0.110. The summed E-state index contributed by atoms with van der Waals surface area (Å²) in [5.41, 5.74) is 0. The quantitative estimate of drug-likeness (QED) is 0.480. The number of hydrogen-bond acceptors (Lipinski definition) is 3. The van der Waals surface area contributed by atoms with E-state index in [-0.39, 0.29) is 13.2 Å². The van der Waals surface area contributed by atoms with Gasteiger partial charge in [-0.05, 0) is 37.5 Å². The van der Waals surface area contributed by atoms with Crippen molar-refractivity contribution in [2.45, 2.75) is 53.4 Å². The smallest absolute Gasteiger partial charge is 0.302 e. The lowest BCUT2D eigenvalue weighted by Crippen LogP contribution is -2.01. The lowest BCUT2D eigenvalue weighted by atomic mass is 10.1. The minimum absolute atomic E-state index is 0.288. The maximum atomic E-state index is 11.4. The summed E-state index contributed by atoms with van der Waals surface area (Å²) < 4.78 is 21.2. The molecule has 0 heterocycles. The second-order valence-corrected chi connectivity index (χ2v) is 6.66. The predicted molar refractivity (Wildman–Crippen MR) is 69.9 cm³/mol. The molecule has 5 heteroatoms. The molecule has 4 nitrogen and oxygen atoms in total. The van der Waals surface area contributed by atoms with Gasteiger partial charge < -0.3 is 4.89 Å². The van der Waals surface area contributed by atoms with Crippen molar-refractivity contribution in [3.63, 3.8) is 0 Å². The largest absolute Gasteiger partial charge is 0.472 e. The highest BCUT2D eigenvalue weighted by atomic mass is 31.2. The zero-order valence-corrected chi connectivity index (χ0v) is 12.4. The molecule has 0 aliphatic rings. The van der Waals surface area contributed by atoms with Crippen LogP contribution in [0.4, 0.5) is 0 Å². The van der Waals surface area contributed by atoms with E-state index in [4.69, 9.17) is 9.05 Å². The SMILES string of the molecule is CC(C)CCCOP(=O)(O)OCCCC(C)C. The van der Waals surface area contributed by atoms with Crippen LogP contribution in [0.1, 0.15) is 53.4 Å². The Kier molecular flexibility index (Phi) is 9.15. The molecule has 0 spiro atoms. The molecular weight excluding hydrogens is 239 g/mol. The molecular formula is C12H27O4P. The van der Waals surface area contributed by atoms with Crippen LogP contribution in [0.25, 0.3) is 0 Å². The van der Waals surface area contributed by atoms with E-state index >= 15 is 0 Å². The van der Waals surface area contributed by atoms with E-state index in [1.54, 1.807) is 0 Å². The molecule has 0 bridgehead atoms. The molecule has 0 aliphatic carbocycles. The van der Waals surface area contributed by atoms with Gasteiger partial charge in [0, 0.05) is 0 Å². The van der Waals surface area contributed by atoms with Crippen molar-refractivity contribution >= 4 is 7.82 Å². The average molecular weight is 266 g/mol. The fourth-order valence-electron chi connectivity index (χ4n) is 1.38.